The number of pyridine rings is 1. The van der Waals surface area contributed by atoms with Crippen molar-refractivity contribution in [3.63, 3.8) is 0 Å². The number of rotatable bonds is 8. The monoisotopic (exact) mass is 588 g/mol. The number of nitrogens with zero attached hydrogens (tertiary/aromatic N) is 2. The van der Waals surface area contributed by atoms with Crippen LogP contribution in [0, 0.1) is 18.6 Å². The summed E-state index contributed by atoms with van der Waals surface area (Å²) in [6.07, 6.45) is -0.477. The Kier molecular flexibility index (Phi) is 8.40. The molecule has 3 heterocycles. The second kappa shape index (κ2) is 11.3. The average molecular weight is 589 g/mol. The number of aromatic nitrogens is 1. The summed E-state index contributed by atoms with van der Waals surface area (Å²) < 4.78 is 41.2. The van der Waals surface area contributed by atoms with Gasteiger partial charge in [0.1, 0.15) is 28.1 Å². The van der Waals surface area contributed by atoms with Gasteiger partial charge < -0.3 is 30.5 Å². The molecule has 1 saturated heterocycles. The van der Waals surface area contributed by atoms with Crippen LogP contribution in [0.1, 0.15) is 61.8 Å². The molecule has 0 aliphatic carbocycles. The Labute approximate surface area is 241 Å². The van der Waals surface area contributed by atoms with Crippen LogP contribution in [0.25, 0.3) is 10.4 Å². The van der Waals surface area contributed by atoms with Crippen molar-refractivity contribution in [2.24, 2.45) is 5.73 Å². The Morgan fingerprint density at radius 3 is 2.32 bits per heavy atom. The van der Waals surface area contributed by atoms with E-state index in [-0.39, 0.29) is 38.8 Å². The minimum atomic E-state index is -1.43. The summed E-state index contributed by atoms with van der Waals surface area (Å²) in [4.78, 5) is 30.5. The Morgan fingerprint density at radius 2 is 1.78 bits per heavy atom. The molecular weight excluding hydrogens is 554 g/mol. The molecule has 220 valence electrons. The molecule has 4 N–H and O–H groups in total. The summed E-state index contributed by atoms with van der Waals surface area (Å²) >= 11 is 0.956. The number of primary amides is 1. The molecule has 0 unspecified atom stereocenters. The van der Waals surface area contributed by atoms with Crippen LogP contribution in [-0.2, 0) is 21.7 Å². The molecule has 0 radical (unpaired) electrons. The Morgan fingerprint density at radius 1 is 1.15 bits per heavy atom. The minimum Gasteiger partial charge on any atom is -0.444 e. The smallest absolute Gasteiger partial charge is 0.410 e. The first kappa shape index (κ1) is 30.4. The highest BCUT2D eigenvalue weighted by Gasteiger charge is 2.34. The Hall–Kier alpha value is -3.61. The minimum absolute atomic E-state index is 0.0572. The molecule has 1 aromatic carbocycles. The second-order valence-electron chi connectivity index (χ2n) is 11.5. The van der Waals surface area contributed by atoms with E-state index in [9.17, 15) is 23.5 Å². The number of carbonyl (C=O) groups excluding carboxylic acids is 2. The van der Waals surface area contributed by atoms with Crippen LogP contribution >= 0.6 is 11.3 Å². The maximum atomic E-state index is 14.9. The third-order valence-corrected chi connectivity index (χ3v) is 7.47. The average Bonchev–Trinajstić information content (AvgIpc) is 3.20. The van der Waals surface area contributed by atoms with Crippen molar-refractivity contribution < 1.29 is 33.0 Å². The molecular formula is C29H34F2N4O5S. The standard InChI is InChI=1S/C29H34F2N4O5S/c1-15-16(14-39-18-12-35(13-18)27(37)40-28(2,3)4)7-8-23(33-15)34-26-19(25(32)36)11-22(41-26)24-20(30)9-17(10-21(24)31)29(5,6)38/h7-11,18,38H,12-14H2,1-6H3,(H2,32,36)(H,33,34). The molecule has 1 fully saturated rings. The lowest BCUT2D eigenvalue weighted by atomic mass is 9.96. The lowest BCUT2D eigenvalue weighted by molar-refractivity contribution is -0.0692. The number of nitrogens with one attached hydrogen (secondary N) is 1. The fraction of sp³-hybridized carbons (Fsp3) is 0.414. The van der Waals surface area contributed by atoms with E-state index in [2.05, 4.69) is 10.3 Å². The van der Waals surface area contributed by atoms with E-state index in [1.165, 1.54) is 19.9 Å². The summed E-state index contributed by atoms with van der Waals surface area (Å²) in [6.45, 7) is 11.3. The van der Waals surface area contributed by atoms with E-state index in [0.717, 1.165) is 29.0 Å². The largest absolute Gasteiger partial charge is 0.444 e. The van der Waals surface area contributed by atoms with Crippen molar-refractivity contribution in [2.75, 3.05) is 18.4 Å². The van der Waals surface area contributed by atoms with Crippen LogP contribution in [0.5, 0.6) is 0 Å². The zero-order valence-corrected chi connectivity index (χ0v) is 24.6. The number of thiophene rings is 1. The number of aryl methyl sites for hydroxylation is 1. The number of benzene rings is 1. The van der Waals surface area contributed by atoms with E-state index in [0.29, 0.717) is 31.2 Å². The molecule has 2 aromatic heterocycles. The summed E-state index contributed by atoms with van der Waals surface area (Å²) in [7, 11) is 0. The van der Waals surface area contributed by atoms with E-state index in [1.807, 2.05) is 26.8 Å². The van der Waals surface area contributed by atoms with Crippen molar-refractivity contribution in [3.05, 3.63) is 64.4 Å². The molecule has 2 amide bonds. The van der Waals surface area contributed by atoms with E-state index in [1.54, 1.807) is 17.9 Å². The molecule has 0 saturated carbocycles. The van der Waals surface area contributed by atoms with Gasteiger partial charge in [-0.1, -0.05) is 6.07 Å². The molecule has 1 aliphatic heterocycles. The highest BCUT2D eigenvalue weighted by Crippen LogP contribution is 2.40. The zero-order chi connectivity index (χ0) is 30.3. The predicted octanol–water partition coefficient (Wildman–Crippen LogP) is 5.60. The van der Waals surface area contributed by atoms with E-state index in [4.69, 9.17) is 15.2 Å². The van der Waals surface area contributed by atoms with Crippen LogP contribution < -0.4 is 11.1 Å². The SMILES string of the molecule is Cc1nc(Nc2sc(-c3c(F)cc(C(C)(C)O)cc3F)cc2C(N)=O)ccc1COC1CN(C(=O)OC(C)(C)C)C1. The van der Waals surface area contributed by atoms with Crippen molar-refractivity contribution in [2.45, 2.75) is 65.5 Å². The predicted molar refractivity (Wildman–Crippen MR) is 152 cm³/mol. The van der Waals surface area contributed by atoms with Gasteiger partial charge in [-0.15, -0.1) is 11.3 Å². The molecule has 9 nitrogen and oxygen atoms in total. The van der Waals surface area contributed by atoms with Gasteiger partial charge in [-0.25, -0.2) is 18.6 Å². The molecule has 3 aromatic rings. The molecule has 0 atom stereocenters. The number of nitrogens with two attached hydrogens (primary N) is 1. The number of aliphatic hydroxyl groups is 1. The van der Waals surface area contributed by atoms with E-state index < -0.39 is 28.7 Å². The van der Waals surface area contributed by atoms with Crippen LogP contribution in [0.3, 0.4) is 0 Å². The van der Waals surface area contributed by atoms with Gasteiger partial charge in [-0.05, 0) is 76.9 Å². The molecule has 1 aliphatic rings. The van der Waals surface area contributed by atoms with Gasteiger partial charge in [0.05, 0.1) is 42.5 Å². The van der Waals surface area contributed by atoms with Crippen LogP contribution in [0.2, 0.25) is 0 Å². The summed E-state index contributed by atoms with van der Waals surface area (Å²) in [5.74, 6) is -2.11. The quantitative estimate of drug-likeness (QED) is 0.313. The van der Waals surface area contributed by atoms with Crippen molar-refractivity contribution in [1.29, 1.82) is 0 Å². The molecule has 41 heavy (non-hydrogen) atoms. The molecule has 4 rings (SSSR count). The first-order valence-corrected chi connectivity index (χ1v) is 13.8. The van der Waals surface area contributed by atoms with Crippen molar-refractivity contribution in [1.82, 2.24) is 9.88 Å². The number of halogens is 2. The zero-order valence-electron chi connectivity index (χ0n) is 23.8. The van der Waals surface area contributed by atoms with Gasteiger partial charge >= 0.3 is 6.09 Å². The third-order valence-electron chi connectivity index (χ3n) is 6.40. The lowest BCUT2D eigenvalue weighted by Crippen LogP contribution is -2.55. The Balaban J connectivity index is 1.44. The molecule has 12 heteroatoms. The fourth-order valence-electron chi connectivity index (χ4n) is 4.11. The highest BCUT2D eigenvalue weighted by molar-refractivity contribution is 7.20. The number of hydrogen-bond acceptors (Lipinski definition) is 8. The van der Waals surface area contributed by atoms with Gasteiger partial charge in [-0.3, -0.25) is 4.79 Å². The topological polar surface area (TPSA) is 127 Å². The number of anilines is 2. The number of hydrogen-bond donors (Lipinski definition) is 3. The summed E-state index contributed by atoms with van der Waals surface area (Å²) in [6, 6.07) is 6.99. The van der Waals surface area contributed by atoms with Crippen molar-refractivity contribution >= 4 is 34.2 Å². The first-order valence-electron chi connectivity index (χ1n) is 13.0. The Bertz CT molecular complexity index is 1450. The van der Waals surface area contributed by atoms with Gasteiger partial charge in [0, 0.05) is 10.6 Å². The normalized spacial score (nSPS) is 14.1. The maximum absolute atomic E-state index is 14.9. The molecule has 0 bridgehead atoms. The number of ether oxygens (including phenoxy) is 2. The lowest BCUT2D eigenvalue weighted by Gasteiger charge is -2.39. The van der Waals surface area contributed by atoms with Crippen LogP contribution in [0.4, 0.5) is 24.4 Å². The first-order chi connectivity index (χ1) is 19.0. The fourth-order valence-corrected chi connectivity index (χ4v) is 5.23. The van der Waals surface area contributed by atoms with Gasteiger partial charge in [0.2, 0.25) is 0 Å². The molecule has 0 spiro atoms. The summed E-state index contributed by atoms with van der Waals surface area (Å²) in [5, 5.41) is 13.4. The van der Waals surface area contributed by atoms with E-state index >= 15 is 0 Å². The third kappa shape index (κ3) is 7.19. The van der Waals surface area contributed by atoms with Crippen LogP contribution in [0.15, 0.2) is 30.3 Å². The number of likely N-dealkylation sites (tertiary alicyclic amines) is 1. The number of carbonyl (C=O) groups is 2. The van der Waals surface area contributed by atoms with Crippen molar-refractivity contribution in [3.8, 4) is 10.4 Å². The second-order valence-corrected chi connectivity index (χ2v) is 12.5. The summed E-state index contributed by atoms with van der Waals surface area (Å²) in [5.41, 5.74) is 4.90. The number of amides is 2. The van der Waals surface area contributed by atoms with Gasteiger partial charge in [-0.2, -0.15) is 0 Å². The van der Waals surface area contributed by atoms with Gasteiger partial charge in [0.25, 0.3) is 5.91 Å². The maximum Gasteiger partial charge on any atom is 0.410 e. The van der Waals surface area contributed by atoms with Crippen LogP contribution in [-0.4, -0.2) is 51.8 Å². The van der Waals surface area contributed by atoms with Gasteiger partial charge in [0.15, 0.2) is 0 Å². The highest BCUT2D eigenvalue weighted by atomic mass is 32.1.